The molecule has 15 heavy (non-hydrogen) atoms. The first-order valence-corrected chi connectivity index (χ1v) is 5.75. The van der Waals surface area contributed by atoms with Crippen molar-refractivity contribution in [2.24, 2.45) is 0 Å². The van der Waals surface area contributed by atoms with Gasteiger partial charge in [0.05, 0.1) is 0 Å². The maximum absolute atomic E-state index is 11.7. The predicted molar refractivity (Wildman–Crippen MR) is 56.8 cm³/mol. The summed E-state index contributed by atoms with van der Waals surface area (Å²) in [5.41, 5.74) is 0.664. The highest BCUT2D eigenvalue weighted by Crippen LogP contribution is 2.15. The van der Waals surface area contributed by atoms with E-state index in [0.717, 1.165) is 0 Å². The molecule has 82 valence electrons. The Kier molecular flexibility index (Phi) is 3.98. The van der Waals surface area contributed by atoms with Crippen LogP contribution in [0.2, 0.25) is 0 Å². The molecule has 6 heteroatoms. The number of rotatable bonds is 5. The van der Waals surface area contributed by atoms with Gasteiger partial charge in [0, 0.05) is 12.6 Å². The molecule has 0 saturated heterocycles. The standard InChI is InChI=1S/C9H12N2O3S/c1-2-7-10-15(13,14)9-6-4-3-5-8(9)11-12/h2-6,10H,1,7,11H2. The minimum Gasteiger partial charge on any atom is -0.630 e. The second kappa shape index (κ2) is 5.04. The molecule has 0 aliphatic rings. The normalized spacial score (nSPS) is 11.3. The van der Waals surface area contributed by atoms with E-state index in [4.69, 9.17) is 0 Å². The molecular weight excluding hydrogens is 216 g/mol. The Morgan fingerprint density at radius 2 is 2.13 bits per heavy atom. The zero-order chi connectivity index (χ0) is 11.3. The van der Waals surface area contributed by atoms with E-state index in [1.807, 2.05) is 0 Å². The lowest BCUT2D eigenvalue weighted by atomic mass is 10.3. The third-order valence-electron chi connectivity index (χ3n) is 1.75. The Balaban J connectivity index is 3.09. The molecule has 0 bridgehead atoms. The van der Waals surface area contributed by atoms with Gasteiger partial charge >= 0.3 is 0 Å². The molecule has 0 amide bonds. The Hall–Kier alpha value is -1.21. The van der Waals surface area contributed by atoms with Crippen LogP contribution < -0.4 is 10.2 Å². The van der Waals surface area contributed by atoms with Crippen molar-refractivity contribution in [3.63, 3.8) is 0 Å². The number of hydrogen-bond donors (Lipinski definition) is 2. The minimum atomic E-state index is -3.62. The number of hydrogen-bond acceptors (Lipinski definition) is 3. The minimum absolute atomic E-state index is 0.0122. The van der Waals surface area contributed by atoms with Crippen molar-refractivity contribution in [1.82, 2.24) is 4.72 Å². The highest BCUT2D eigenvalue weighted by molar-refractivity contribution is 7.89. The number of benzene rings is 1. The lowest BCUT2D eigenvalue weighted by molar-refractivity contribution is -0.499. The van der Waals surface area contributed by atoms with Crippen molar-refractivity contribution in [1.29, 1.82) is 0 Å². The van der Waals surface area contributed by atoms with E-state index in [2.05, 4.69) is 11.3 Å². The number of quaternary nitrogens is 1. The van der Waals surface area contributed by atoms with Gasteiger partial charge in [-0.3, -0.25) is 0 Å². The van der Waals surface area contributed by atoms with Crippen LogP contribution in [0.5, 0.6) is 0 Å². The van der Waals surface area contributed by atoms with Crippen LogP contribution in [0.1, 0.15) is 0 Å². The molecule has 5 nitrogen and oxygen atoms in total. The molecule has 0 aromatic heterocycles. The molecule has 0 fully saturated rings. The summed E-state index contributed by atoms with van der Waals surface area (Å²) < 4.78 is 25.6. The van der Waals surface area contributed by atoms with E-state index in [-0.39, 0.29) is 17.1 Å². The summed E-state index contributed by atoms with van der Waals surface area (Å²) in [6.07, 6.45) is 1.43. The van der Waals surface area contributed by atoms with Gasteiger partial charge in [0.2, 0.25) is 10.0 Å². The van der Waals surface area contributed by atoms with Gasteiger partial charge in [-0.05, 0) is 6.07 Å². The maximum atomic E-state index is 11.7. The van der Waals surface area contributed by atoms with E-state index >= 15 is 0 Å². The smallest absolute Gasteiger partial charge is 0.246 e. The molecule has 3 N–H and O–H groups in total. The summed E-state index contributed by atoms with van der Waals surface area (Å²) in [6, 6.07) is 6.01. The highest BCUT2D eigenvalue weighted by Gasteiger charge is 2.18. The van der Waals surface area contributed by atoms with Crippen LogP contribution in [-0.4, -0.2) is 15.0 Å². The van der Waals surface area contributed by atoms with Gasteiger partial charge in [-0.15, -0.1) is 6.58 Å². The fourth-order valence-corrected chi connectivity index (χ4v) is 2.25. The van der Waals surface area contributed by atoms with Crippen LogP contribution in [0.3, 0.4) is 0 Å². The highest BCUT2D eigenvalue weighted by atomic mass is 32.2. The Morgan fingerprint density at radius 1 is 1.47 bits per heavy atom. The number of sulfonamides is 1. The van der Waals surface area contributed by atoms with Crippen LogP contribution in [0, 0.1) is 5.21 Å². The van der Waals surface area contributed by atoms with Crippen LogP contribution >= 0.6 is 0 Å². The van der Waals surface area contributed by atoms with Crippen molar-refractivity contribution in [2.75, 3.05) is 6.54 Å². The first-order chi connectivity index (χ1) is 7.11. The Morgan fingerprint density at radius 3 is 2.73 bits per heavy atom. The number of nitrogens with two attached hydrogens (primary N) is 1. The monoisotopic (exact) mass is 228 g/mol. The van der Waals surface area contributed by atoms with Crippen molar-refractivity contribution in [3.8, 4) is 0 Å². The van der Waals surface area contributed by atoms with Crippen molar-refractivity contribution >= 4 is 15.7 Å². The third-order valence-corrected chi connectivity index (χ3v) is 3.25. The molecule has 0 radical (unpaired) electrons. The fraction of sp³-hybridized carbons (Fsp3) is 0.111. The van der Waals surface area contributed by atoms with Gasteiger partial charge in [0.25, 0.3) is 0 Å². The van der Waals surface area contributed by atoms with E-state index in [9.17, 15) is 13.6 Å². The summed E-state index contributed by atoms with van der Waals surface area (Å²) >= 11 is 0. The van der Waals surface area contributed by atoms with Crippen molar-refractivity contribution < 1.29 is 13.9 Å². The molecule has 1 aromatic carbocycles. The van der Waals surface area contributed by atoms with E-state index < -0.39 is 10.0 Å². The molecular formula is C9H12N2O3S. The fourth-order valence-electron chi connectivity index (χ4n) is 1.07. The number of nitrogens with one attached hydrogen (secondary N) is 1. The Bertz CT molecular complexity index is 442. The molecule has 1 aromatic rings. The zero-order valence-electron chi connectivity index (χ0n) is 8.01. The van der Waals surface area contributed by atoms with E-state index in [0.29, 0.717) is 5.48 Å². The van der Waals surface area contributed by atoms with Gasteiger partial charge in [-0.1, -0.05) is 18.2 Å². The van der Waals surface area contributed by atoms with Crippen LogP contribution in [0.15, 0.2) is 41.8 Å². The second-order valence-corrected chi connectivity index (χ2v) is 4.53. The first kappa shape index (κ1) is 11.9. The van der Waals surface area contributed by atoms with Gasteiger partial charge < -0.3 is 10.7 Å². The molecule has 0 atom stereocenters. The summed E-state index contributed by atoms with van der Waals surface area (Å²) in [7, 11) is -3.62. The van der Waals surface area contributed by atoms with Gasteiger partial charge in [-0.2, -0.15) is 0 Å². The quantitative estimate of drug-likeness (QED) is 0.417. The topological polar surface area (TPSA) is 85.8 Å². The van der Waals surface area contributed by atoms with Crippen LogP contribution in [0.25, 0.3) is 0 Å². The first-order valence-electron chi connectivity index (χ1n) is 4.26. The molecule has 0 saturated carbocycles. The van der Waals surface area contributed by atoms with Crippen LogP contribution in [-0.2, 0) is 10.0 Å². The largest absolute Gasteiger partial charge is 0.630 e. The summed E-state index contributed by atoms with van der Waals surface area (Å²) in [4.78, 5) is -0.0122. The van der Waals surface area contributed by atoms with E-state index in [1.165, 1.54) is 18.2 Å². The molecule has 0 aliphatic carbocycles. The van der Waals surface area contributed by atoms with Crippen molar-refractivity contribution in [3.05, 3.63) is 42.1 Å². The second-order valence-electron chi connectivity index (χ2n) is 2.80. The SMILES string of the molecule is C=CCNS(=O)(=O)c1ccccc1[NH2+][O-]. The van der Waals surface area contributed by atoms with Crippen LogP contribution in [0.4, 0.5) is 5.69 Å². The van der Waals surface area contributed by atoms with Gasteiger partial charge in [-0.25, -0.2) is 13.1 Å². The summed E-state index contributed by atoms with van der Waals surface area (Å²) in [6.45, 7) is 3.54. The lowest BCUT2D eigenvalue weighted by Crippen LogP contribution is -2.70. The molecule has 0 unspecified atom stereocenters. The molecule has 0 spiro atoms. The van der Waals surface area contributed by atoms with Crippen molar-refractivity contribution in [2.45, 2.75) is 4.90 Å². The van der Waals surface area contributed by atoms with E-state index in [1.54, 1.807) is 12.1 Å². The predicted octanol–water partition coefficient (Wildman–Crippen LogP) is -0.156. The summed E-state index contributed by atoms with van der Waals surface area (Å²) in [5.74, 6) is 0. The molecule has 1 rings (SSSR count). The average Bonchev–Trinajstić information content (AvgIpc) is 2.26. The average molecular weight is 228 g/mol. The third kappa shape index (κ3) is 2.87. The molecule has 0 heterocycles. The zero-order valence-corrected chi connectivity index (χ0v) is 8.83. The lowest BCUT2D eigenvalue weighted by Gasteiger charge is -2.09. The maximum Gasteiger partial charge on any atom is 0.246 e. The van der Waals surface area contributed by atoms with Gasteiger partial charge in [0.15, 0.2) is 0 Å². The van der Waals surface area contributed by atoms with Gasteiger partial charge in [0.1, 0.15) is 10.6 Å². The molecule has 0 aliphatic heterocycles. The summed E-state index contributed by atoms with van der Waals surface area (Å²) in [5, 5.41) is 10.6. The Labute approximate surface area is 88.4 Å².